The van der Waals surface area contributed by atoms with Gasteiger partial charge in [0.05, 0.1) is 6.20 Å². The number of rotatable bonds is 5. The summed E-state index contributed by atoms with van der Waals surface area (Å²) in [5.74, 6) is 2.54. The Hall–Kier alpha value is -1.48. The molecule has 2 atom stereocenters. The first-order valence-electron chi connectivity index (χ1n) is 7.10. The molecule has 0 N–H and O–H groups in total. The van der Waals surface area contributed by atoms with E-state index < -0.39 is 0 Å². The maximum Gasteiger partial charge on any atom is 0.139 e. The van der Waals surface area contributed by atoms with Crippen molar-refractivity contribution in [2.24, 2.45) is 5.92 Å². The summed E-state index contributed by atoms with van der Waals surface area (Å²) in [6.45, 7) is 2.25. The third-order valence-corrected chi connectivity index (χ3v) is 4.80. The smallest absolute Gasteiger partial charge is 0.139 e. The molecule has 0 saturated heterocycles. The lowest BCUT2D eigenvalue weighted by Gasteiger charge is -2.33. The van der Waals surface area contributed by atoms with E-state index >= 15 is 0 Å². The van der Waals surface area contributed by atoms with Crippen LogP contribution in [0, 0.1) is 5.92 Å². The number of benzene rings is 1. The van der Waals surface area contributed by atoms with Crippen molar-refractivity contribution in [3.63, 3.8) is 0 Å². The van der Waals surface area contributed by atoms with Gasteiger partial charge in [0.2, 0.25) is 0 Å². The highest BCUT2D eigenvalue weighted by Crippen LogP contribution is 2.32. The maximum atomic E-state index is 5.98. The summed E-state index contributed by atoms with van der Waals surface area (Å²) in [4.78, 5) is 5.45. The van der Waals surface area contributed by atoms with Crippen molar-refractivity contribution in [3.8, 4) is 5.75 Å². The van der Waals surface area contributed by atoms with Crippen molar-refractivity contribution in [2.75, 3.05) is 0 Å². The summed E-state index contributed by atoms with van der Waals surface area (Å²) in [6, 6.07) is 12.6. The molecule has 0 amide bonds. The van der Waals surface area contributed by atoms with E-state index in [9.17, 15) is 0 Å². The van der Waals surface area contributed by atoms with E-state index in [4.69, 9.17) is 4.74 Å². The lowest BCUT2D eigenvalue weighted by atomic mass is 9.83. The molecular formula is C17H19NOS. The van der Waals surface area contributed by atoms with Gasteiger partial charge in [-0.2, -0.15) is 0 Å². The third kappa shape index (κ3) is 3.34. The Balaban J connectivity index is 1.59. The number of nitrogens with zero attached hydrogens (tertiary/aromatic N) is 1. The molecule has 0 aliphatic heterocycles. The lowest BCUT2D eigenvalue weighted by Crippen LogP contribution is -2.34. The monoisotopic (exact) mass is 285 g/mol. The summed E-state index contributed by atoms with van der Waals surface area (Å²) >= 11 is 1.80. The van der Waals surface area contributed by atoms with Gasteiger partial charge in [-0.3, -0.25) is 4.98 Å². The normalized spacial score (nSPS) is 21.2. The molecule has 0 spiro atoms. The van der Waals surface area contributed by atoms with E-state index in [0.717, 1.165) is 11.5 Å². The molecular weight excluding hydrogens is 266 g/mol. The second-order valence-electron chi connectivity index (χ2n) is 5.34. The minimum Gasteiger partial charge on any atom is -0.489 e. The molecule has 1 aliphatic carbocycles. The zero-order valence-corrected chi connectivity index (χ0v) is 12.5. The fourth-order valence-electron chi connectivity index (χ4n) is 2.27. The molecule has 1 unspecified atom stereocenters. The van der Waals surface area contributed by atoms with E-state index in [1.165, 1.54) is 23.3 Å². The van der Waals surface area contributed by atoms with E-state index in [-0.39, 0.29) is 0 Å². The number of hydrogen-bond acceptors (Lipinski definition) is 3. The molecule has 1 aliphatic rings. The van der Waals surface area contributed by atoms with Crippen LogP contribution in [-0.4, -0.2) is 11.1 Å². The van der Waals surface area contributed by atoms with Crippen LogP contribution in [0.3, 0.4) is 0 Å². The van der Waals surface area contributed by atoms with Gasteiger partial charge < -0.3 is 4.74 Å². The summed E-state index contributed by atoms with van der Waals surface area (Å²) in [5.41, 5.74) is 1.33. The Kier molecular flexibility index (Phi) is 4.26. The molecule has 2 aromatic rings. The zero-order chi connectivity index (χ0) is 13.8. The average Bonchev–Trinajstić information content (AvgIpc) is 2.51. The Bertz CT molecular complexity index is 558. The summed E-state index contributed by atoms with van der Waals surface area (Å²) in [6.07, 6.45) is 6.55. The second-order valence-corrected chi connectivity index (χ2v) is 6.39. The highest BCUT2D eigenvalue weighted by molar-refractivity contribution is 7.98. The summed E-state index contributed by atoms with van der Waals surface area (Å²) in [5, 5.41) is 0. The van der Waals surface area contributed by atoms with Crippen molar-refractivity contribution in [1.82, 2.24) is 4.98 Å². The molecule has 3 heteroatoms. The Morgan fingerprint density at radius 2 is 2.05 bits per heavy atom. The van der Waals surface area contributed by atoms with Gasteiger partial charge in [0.15, 0.2) is 0 Å². The van der Waals surface area contributed by atoms with Gasteiger partial charge in [0.25, 0.3) is 0 Å². The second kappa shape index (κ2) is 6.31. The van der Waals surface area contributed by atoms with Crippen molar-refractivity contribution in [3.05, 3.63) is 54.4 Å². The molecule has 3 rings (SSSR count). The van der Waals surface area contributed by atoms with Gasteiger partial charge in [-0.05, 0) is 30.4 Å². The van der Waals surface area contributed by atoms with Crippen LogP contribution in [0.5, 0.6) is 5.75 Å². The van der Waals surface area contributed by atoms with Crippen molar-refractivity contribution in [2.45, 2.75) is 36.5 Å². The number of hydrogen-bond donors (Lipinski definition) is 0. The number of ether oxygens (including phenoxy) is 1. The zero-order valence-electron chi connectivity index (χ0n) is 11.7. The maximum absolute atomic E-state index is 5.98. The first kappa shape index (κ1) is 13.5. The fraction of sp³-hybridized carbons (Fsp3) is 0.353. The first-order chi connectivity index (χ1) is 9.81. The quantitative estimate of drug-likeness (QED) is 0.752. The van der Waals surface area contributed by atoms with Crippen LogP contribution in [0.4, 0.5) is 0 Å². The van der Waals surface area contributed by atoms with Gasteiger partial charge in [0.1, 0.15) is 11.9 Å². The summed E-state index contributed by atoms with van der Waals surface area (Å²) in [7, 11) is 0. The SMILES string of the molecule is C[C@H]1CCC1Oc1cncc(SCc2ccccc2)c1. The highest BCUT2D eigenvalue weighted by Gasteiger charge is 2.28. The molecule has 2 nitrogen and oxygen atoms in total. The molecule has 1 heterocycles. The first-order valence-corrected chi connectivity index (χ1v) is 8.08. The molecule has 104 valence electrons. The van der Waals surface area contributed by atoms with Gasteiger partial charge in [-0.1, -0.05) is 37.3 Å². The van der Waals surface area contributed by atoms with Crippen LogP contribution in [0.25, 0.3) is 0 Å². The topological polar surface area (TPSA) is 22.1 Å². The molecule has 1 saturated carbocycles. The number of pyridine rings is 1. The van der Waals surface area contributed by atoms with Crippen LogP contribution in [0.1, 0.15) is 25.3 Å². The van der Waals surface area contributed by atoms with Gasteiger partial charge in [-0.15, -0.1) is 11.8 Å². The predicted octanol–water partition coefficient (Wildman–Crippen LogP) is 4.55. The van der Waals surface area contributed by atoms with Crippen LogP contribution in [0.2, 0.25) is 0 Å². The fourth-order valence-corrected chi connectivity index (χ4v) is 3.13. The molecule has 0 radical (unpaired) electrons. The van der Waals surface area contributed by atoms with Crippen LogP contribution in [-0.2, 0) is 5.75 Å². The highest BCUT2D eigenvalue weighted by atomic mass is 32.2. The standard InChI is InChI=1S/C17H19NOS/c1-13-7-8-17(13)19-15-9-16(11-18-10-15)20-12-14-5-3-2-4-6-14/h2-6,9-11,13,17H,7-8,12H2,1H3/t13-,17?/m0/s1. The van der Waals surface area contributed by atoms with E-state index in [1.807, 2.05) is 18.5 Å². The van der Waals surface area contributed by atoms with E-state index in [0.29, 0.717) is 12.0 Å². The van der Waals surface area contributed by atoms with Gasteiger partial charge in [0, 0.05) is 16.8 Å². The van der Waals surface area contributed by atoms with Crippen molar-refractivity contribution in [1.29, 1.82) is 0 Å². The van der Waals surface area contributed by atoms with Crippen LogP contribution in [0.15, 0.2) is 53.7 Å². The molecule has 20 heavy (non-hydrogen) atoms. The largest absolute Gasteiger partial charge is 0.489 e. The van der Waals surface area contributed by atoms with Crippen molar-refractivity contribution < 1.29 is 4.74 Å². The number of thioether (sulfide) groups is 1. The predicted molar refractivity (Wildman–Crippen MR) is 83.1 cm³/mol. The third-order valence-electron chi connectivity index (χ3n) is 3.77. The molecule has 0 bridgehead atoms. The Labute approximate surface area is 124 Å². The number of aromatic nitrogens is 1. The Morgan fingerprint density at radius 3 is 2.75 bits per heavy atom. The Morgan fingerprint density at radius 1 is 1.20 bits per heavy atom. The van der Waals surface area contributed by atoms with Gasteiger partial charge >= 0.3 is 0 Å². The van der Waals surface area contributed by atoms with E-state index in [2.05, 4.69) is 42.2 Å². The van der Waals surface area contributed by atoms with Gasteiger partial charge in [-0.25, -0.2) is 0 Å². The van der Waals surface area contributed by atoms with Crippen LogP contribution >= 0.6 is 11.8 Å². The van der Waals surface area contributed by atoms with E-state index in [1.54, 1.807) is 11.8 Å². The minimum atomic E-state index is 0.381. The lowest BCUT2D eigenvalue weighted by molar-refractivity contribution is 0.0571. The molecule has 1 aromatic heterocycles. The molecule has 1 fully saturated rings. The van der Waals surface area contributed by atoms with Crippen molar-refractivity contribution >= 4 is 11.8 Å². The average molecular weight is 285 g/mol. The van der Waals surface area contributed by atoms with Crippen LogP contribution < -0.4 is 4.74 Å². The molecule has 1 aromatic carbocycles. The minimum absolute atomic E-state index is 0.381. The summed E-state index contributed by atoms with van der Waals surface area (Å²) < 4.78 is 5.98.